The molecule has 2 aromatic rings. The number of benzene rings is 1. The van der Waals surface area contributed by atoms with E-state index >= 15 is 0 Å². The van der Waals surface area contributed by atoms with Crippen LogP contribution >= 0.6 is 11.6 Å². The fraction of sp³-hybridized carbons (Fsp3) is 0.143. The Bertz CT molecular complexity index is 605. The summed E-state index contributed by atoms with van der Waals surface area (Å²) in [7, 11) is 0. The molecule has 0 atom stereocenters. The summed E-state index contributed by atoms with van der Waals surface area (Å²) in [5, 5.41) is 9.33. The highest BCUT2D eigenvalue weighted by molar-refractivity contribution is 6.30. The van der Waals surface area contributed by atoms with E-state index in [2.05, 4.69) is 11.1 Å². The van der Waals surface area contributed by atoms with Gasteiger partial charge in [-0.3, -0.25) is 4.98 Å². The Labute approximate surface area is 111 Å². The molecule has 18 heavy (non-hydrogen) atoms. The molecule has 0 spiro atoms. The van der Waals surface area contributed by atoms with Gasteiger partial charge in [0.1, 0.15) is 12.4 Å². The van der Waals surface area contributed by atoms with Crippen molar-refractivity contribution in [2.24, 2.45) is 0 Å². The first-order valence-corrected chi connectivity index (χ1v) is 5.80. The zero-order chi connectivity index (χ0) is 13.0. The van der Waals surface area contributed by atoms with Gasteiger partial charge in [-0.05, 0) is 30.2 Å². The van der Waals surface area contributed by atoms with E-state index in [1.54, 1.807) is 24.5 Å². The summed E-state index contributed by atoms with van der Waals surface area (Å²) in [5.74, 6) is 0.631. The maximum absolute atomic E-state index is 8.79. The number of hydrogen-bond acceptors (Lipinski definition) is 3. The van der Waals surface area contributed by atoms with E-state index in [9.17, 15) is 0 Å². The Morgan fingerprint density at radius 2 is 2.17 bits per heavy atom. The van der Waals surface area contributed by atoms with Crippen LogP contribution in [0, 0.1) is 18.3 Å². The maximum Gasteiger partial charge on any atom is 0.139 e. The normalized spacial score (nSPS) is 9.83. The number of nitriles is 1. The van der Waals surface area contributed by atoms with Crippen LogP contribution in [0.5, 0.6) is 5.75 Å². The molecule has 0 aliphatic heterocycles. The van der Waals surface area contributed by atoms with Crippen LogP contribution in [0.2, 0.25) is 5.02 Å². The molecule has 0 saturated carbocycles. The van der Waals surface area contributed by atoms with Crippen molar-refractivity contribution in [3.8, 4) is 11.8 Å². The van der Waals surface area contributed by atoms with Gasteiger partial charge in [-0.1, -0.05) is 17.7 Å². The molecular formula is C14H11ClN2O. The smallest absolute Gasteiger partial charge is 0.139 e. The number of aromatic nitrogens is 1. The van der Waals surface area contributed by atoms with Crippen molar-refractivity contribution in [2.45, 2.75) is 13.5 Å². The lowest BCUT2D eigenvalue weighted by atomic mass is 10.1. The van der Waals surface area contributed by atoms with Crippen LogP contribution in [0.3, 0.4) is 0 Å². The minimum atomic E-state index is 0.430. The molecule has 0 bridgehead atoms. The molecule has 0 fully saturated rings. The summed E-state index contributed by atoms with van der Waals surface area (Å²) < 4.78 is 5.60. The Hall–Kier alpha value is -2.05. The molecule has 0 radical (unpaired) electrons. The summed E-state index contributed by atoms with van der Waals surface area (Å²) in [6.45, 7) is 2.38. The van der Waals surface area contributed by atoms with Gasteiger partial charge in [0.25, 0.3) is 0 Å². The van der Waals surface area contributed by atoms with Gasteiger partial charge in [-0.15, -0.1) is 0 Å². The van der Waals surface area contributed by atoms with E-state index in [0.717, 1.165) is 11.1 Å². The predicted octanol–water partition coefficient (Wildman–Crippen LogP) is 3.49. The standard InChI is InChI=1S/C14H11ClN2O/c1-10-4-11(6-16)2-3-12(10)9-18-14-5-13(15)7-17-8-14/h2-5,7-8H,9H2,1H3. The van der Waals surface area contributed by atoms with Crippen LogP contribution in [0.25, 0.3) is 0 Å². The summed E-state index contributed by atoms with van der Waals surface area (Å²) in [6.07, 6.45) is 3.17. The van der Waals surface area contributed by atoms with Gasteiger partial charge in [-0.2, -0.15) is 5.26 Å². The van der Waals surface area contributed by atoms with E-state index in [1.165, 1.54) is 0 Å². The van der Waals surface area contributed by atoms with Gasteiger partial charge in [0.2, 0.25) is 0 Å². The minimum absolute atomic E-state index is 0.430. The Morgan fingerprint density at radius 3 is 2.83 bits per heavy atom. The second-order valence-electron chi connectivity index (χ2n) is 3.88. The van der Waals surface area contributed by atoms with Crippen molar-refractivity contribution in [1.29, 1.82) is 5.26 Å². The van der Waals surface area contributed by atoms with Crippen LogP contribution < -0.4 is 4.74 Å². The van der Waals surface area contributed by atoms with Crippen molar-refractivity contribution < 1.29 is 4.74 Å². The summed E-state index contributed by atoms with van der Waals surface area (Å²) in [4.78, 5) is 3.95. The molecular weight excluding hydrogens is 248 g/mol. The SMILES string of the molecule is Cc1cc(C#N)ccc1COc1cncc(Cl)c1. The van der Waals surface area contributed by atoms with Crippen molar-refractivity contribution in [1.82, 2.24) is 4.98 Å². The second-order valence-corrected chi connectivity index (χ2v) is 4.32. The number of aryl methyl sites for hydroxylation is 1. The molecule has 0 saturated heterocycles. The van der Waals surface area contributed by atoms with Gasteiger partial charge < -0.3 is 4.74 Å². The number of halogens is 1. The molecule has 0 unspecified atom stereocenters. The van der Waals surface area contributed by atoms with Crippen molar-refractivity contribution >= 4 is 11.6 Å². The van der Waals surface area contributed by atoms with Gasteiger partial charge in [0.15, 0.2) is 0 Å². The average Bonchev–Trinajstić information content (AvgIpc) is 2.37. The first kappa shape index (κ1) is 12.4. The van der Waals surface area contributed by atoms with E-state index in [0.29, 0.717) is 22.9 Å². The third kappa shape index (κ3) is 2.99. The van der Waals surface area contributed by atoms with Crippen LogP contribution in [0.4, 0.5) is 0 Å². The van der Waals surface area contributed by atoms with Gasteiger partial charge in [0.05, 0.1) is 22.9 Å². The second kappa shape index (κ2) is 5.52. The first-order chi connectivity index (χ1) is 8.69. The van der Waals surface area contributed by atoms with Crippen LogP contribution in [0.1, 0.15) is 16.7 Å². The largest absolute Gasteiger partial charge is 0.487 e. The molecule has 3 nitrogen and oxygen atoms in total. The molecule has 0 N–H and O–H groups in total. The van der Waals surface area contributed by atoms with Crippen LogP contribution in [-0.2, 0) is 6.61 Å². The molecule has 0 aliphatic carbocycles. The van der Waals surface area contributed by atoms with E-state index in [4.69, 9.17) is 21.6 Å². The zero-order valence-corrected chi connectivity index (χ0v) is 10.6. The first-order valence-electron chi connectivity index (χ1n) is 5.42. The number of rotatable bonds is 3. The predicted molar refractivity (Wildman–Crippen MR) is 69.5 cm³/mol. The Kier molecular flexibility index (Phi) is 3.81. The lowest BCUT2D eigenvalue weighted by molar-refractivity contribution is 0.304. The summed E-state index contributed by atoms with van der Waals surface area (Å²) in [6, 6.07) is 9.34. The number of pyridine rings is 1. The van der Waals surface area contributed by atoms with Crippen molar-refractivity contribution in [3.63, 3.8) is 0 Å². The molecule has 1 aromatic carbocycles. The van der Waals surface area contributed by atoms with Gasteiger partial charge >= 0.3 is 0 Å². The van der Waals surface area contributed by atoms with Crippen LogP contribution in [0.15, 0.2) is 36.7 Å². The maximum atomic E-state index is 8.79. The molecule has 1 aromatic heterocycles. The molecule has 1 heterocycles. The number of ether oxygens (including phenoxy) is 1. The van der Waals surface area contributed by atoms with E-state index in [-0.39, 0.29) is 0 Å². The highest BCUT2D eigenvalue weighted by Gasteiger charge is 2.02. The molecule has 2 rings (SSSR count). The summed E-state index contributed by atoms with van der Waals surface area (Å²) in [5.41, 5.74) is 2.72. The monoisotopic (exact) mass is 258 g/mol. The fourth-order valence-corrected chi connectivity index (χ4v) is 1.72. The Morgan fingerprint density at radius 1 is 1.33 bits per heavy atom. The number of nitrogens with zero attached hydrogens (tertiary/aromatic N) is 2. The molecule has 90 valence electrons. The van der Waals surface area contributed by atoms with Crippen molar-refractivity contribution in [3.05, 3.63) is 58.4 Å². The topological polar surface area (TPSA) is 45.9 Å². The zero-order valence-electron chi connectivity index (χ0n) is 9.85. The average molecular weight is 259 g/mol. The third-order valence-electron chi connectivity index (χ3n) is 2.55. The van der Waals surface area contributed by atoms with Gasteiger partial charge in [0, 0.05) is 12.3 Å². The quantitative estimate of drug-likeness (QED) is 0.847. The fourth-order valence-electron chi connectivity index (χ4n) is 1.56. The lowest BCUT2D eigenvalue weighted by Crippen LogP contribution is -1.98. The molecule has 0 aliphatic rings. The summed E-state index contributed by atoms with van der Waals surface area (Å²) >= 11 is 5.82. The lowest BCUT2D eigenvalue weighted by Gasteiger charge is -2.08. The highest BCUT2D eigenvalue weighted by atomic mass is 35.5. The Balaban J connectivity index is 2.09. The van der Waals surface area contributed by atoms with Crippen LogP contribution in [-0.4, -0.2) is 4.98 Å². The molecule has 4 heteroatoms. The van der Waals surface area contributed by atoms with Crippen molar-refractivity contribution in [2.75, 3.05) is 0 Å². The van der Waals surface area contributed by atoms with E-state index < -0.39 is 0 Å². The van der Waals surface area contributed by atoms with E-state index in [1.807, 2.05) is 19.1 Å². The number of hydrogen-bond donors (Lipinski definition) is 0. The molecule has 0 amide bonds. The minimum Gasteiger partial charge on any atom is -0.487 e. The highest BCUT2D eigenvalue weighted by Crippen LogP contribution is 2.18. The third-order valence-corrected chi connectivity index (χ3v) is 2.75. The van der Waals surface area contributed by atoms with Gasteiger partial charge in [-0.25, -0.2) is 0 Å².